The molecule has 140 valence electrons. The van der Waals surface area contributed by atoms with Crippen LogP contribution in [-0.4, -0.2) is 68.3 Å². The number of oxazole rings is 1. The molecule has 2 amide bonds. The van der Waals surface area contributed by atoms with E-state index in [9.17, 15) is 4.79 Å². The van der Waals surface area contributed by atoms with E-state index in [1.807, 2.05) is 33.8 Å². The number of nitrogens with one attached hydrogen (secondary N) is 1. The van der Waals surface area contributed by atoms with E-state index >= 15 is 0 Å². The Morgan fingerprint density at radius 3 is 2.78 bits per heavy atom. The number of carbonyl (C=O) groups is 1. The van der Waals surface area contributed by atoms with Gasteiger partial charge in [0, 0.05) is 44.0 Å². The number of carbonyl (C=O) groups excluding carboxylic acids is 1. The first-order chi connectivity index (χ1) is 13.3. The number of anilines is 1. The summed E-state index contributed by atoms with van der Waals surface area (Å²) in [4.78, 5) is 24.6. The Morgan fingerprint density at radius 2 is 2.04 bits per heavy atom. The summed E-state index contributed by atoms with van der Waals surface area (Å²) in [5, 5.41) is 7.08. The molecule has 1 aromatic carbocycles. The van der Waals surface area contributed by atoms with E-state index in [4.69, 9.17) is 4.42 Å². The topological polar surface area (TPSA) is 92.3 Å². The fourth-order valence-corrected chi connectivity index (χ4v) is 3.08. The van der Waals surface area contributed by atoms with Gasteiger partial charge in [-0.05, 0) is 12.1 Å². The first-order valence-electron chi connectivity index (χ1n) is 8.87. The van der Waals surface area contributed by atoms with E-state index in [-0.39, 0.29) is 6.03 Å². The van der Waals surface area contributed by atoms with Crippen LogP contribution in [0.3, 0.4) is 0 Å². The quantitative estimate of drug-likeness (QED) is 0.739. The van der Waals surface area contributed by atoms with Crippen LogP contribution < -0.4 is 5.32 Å². The monoisotopic (exact) mass is 367 g/mol. The van der Waals surface area contributed by atoms with Gasteiger partial charge in [-0.1, -0.05) is 12.1 Å². The van der Waals surface area contributed by atoms with Gasteiger partial charge >= 0.3 is 6.03 Å². The minimum Gasteiger partial charge on any atom is -0.444 e. The van der Waals surface area contributed by atoms with Gasteiger partial charge in [0.25, 0.3) is 0 Å². The van der Waals surface area contributed by atoms with Gasteiger partial charge in [0.1, 0.15) is 12.7 Å². The van der Waals surface area contributed by atoms with Crippen molar-refractivity contribution in [2.75, 3.05) is 38.0 Å². The SMILES string of the molecule is O=C(Nc1cccc(-c2cnco2)c1)N1CCN(CCn2cncn2)CC1. The molecule has 0 atom stereocenters. The number of urea groups is 1. The first-order valence-corrected chi connectivity index (χ1v) is 8.87. The molecule has 0 spiro atoms. The zero-order valence-electron chi connectivity index (χ0n) is 14.9. The fraction of sp³-hybridized carbons (Fsp3) is 0.333. The van der Waals surface area contributed by atoms with Crippen LogP contribution in [0, 0.1) is 0 Å². The van der Waals surface area contributed by atoms with E-state index in [1.54, 1.807) is 18.9 Å². The smallest absolute Gasteiger partial charge is 0.321 e. The van der Waals surface area contributed by atoms with Gasteiger partial charge < -0.3 is 14.6 Å². The number of aromatic nitrogens is 4. The Bertz CT molecular complexity index is 856. The third kappa shape index (κ3) is 4.32. The van der Waals surface area contributed by atoms with Crippen molar-refractivity contribution in [2.24, 2.45) is 0 Å². The normalized spacial score (nSPS) is 15.0. The molecule has 3 heterocycles. The van der Waals surface area contributed by atoms with Crippen LogP contribution >= 0.6 is 0 Å². The van der Waals surface area contributed by atoms with Crippen molar-refractivity contribution >= 4 is 11.7 Å². The molecule has 2 aromatic heterocycles. The molecule has 0 saturated carbocycles. The number of amides is 2. The number of benzene rings is 1. The van der Waals surface area contributed by atoms with Crippen LogP contribution in [0.15, 0.2) is 53.9 Å². The molecular weight excluding hydrogens is 346 g/mol. The Morgan fingerprint density at radius 1 is 1.15 bits per heavy atom. The fourth-order valence-electron chi connectivity index (χ4n) is 3.08. The van der Waals surface area contributed by atoms with E-state index in [0.717, 1.165) is 37.4 Å². The molecule has 0 unspecified atom stereocenters. The van der Waals surface area contributed by atoms with Crippen LogP contribution in [-0.2, 0) is 6.54 Å². The van der Waals surface area contributed by atoms with E-state index in [2.05, 4.69) is 25.3 Å². The molecule has 27 heavy (non-hydrogen) atoms. The summed E-state index contributed by atoms with van der Waals surface area (Å²) in [6.07, 6.45) is 6.30. The molecule has 1 aliphatic rings. The number of hydrogen-bond acceptors (Lipinski definition) is 6. The largest absolute Gasteiger partial charge is 0.444 e. The van der Waals surface area contributed by atoms with Crippen molar-refractivity contribution in [3.8, 4) is 11.3 Å². The molecule has 0 aliphatic carbocycles. The van der Waals surface area contributed by atoms with Crippen molar-refractivity contribution in [1.82, 2.24) is 29.5 Å². The maximum Gasteiger partial charge on any atom is 0.321 e. The summed E-state index contributed by atoms with van der Waals surface area (Å²) < 4.78 is 7.13. The molecule has 9 nitrogen and oxygen atoms in total. The maximum atomic E-state index is 12.6. The first kappa shape index (κ1) is 17.2. The molecule has 1 aliphatic heterocycles. The summed E-state index contributed by atoms with van der Waals surface area (Å²) in [6, 6.07) is 7.47. The third-order valence-corrected chi connectivity index (χ3v) is 4.60. The lowest BCUT2D eigenvalue weighted by Crippen LogP contribution is -2.50. The highest BCUT2D eigenvalue weighted by Crippen LogP contribution is 2.22. The summed E-state index contributed by atoms with van der Waals surface area (Å²) in [5.41, 5.74) is 1.62. The van der Waals surface area contributed by atoms with E-state index in [1.165, 1.54) is 6.39 Å². The molecule has 4 rings (SSSR count). The standard InChI is InChI=1S/C18H21N7O2/c26-18(22-16-3-1-2-15(10-16)17-11-19-14-27-17)24-7-4-23(5-8-24)6-9-25-13-20-12-21-25/h1-3,10-14H,4-9H2,(H,22,26). The molecular formula is C18H21N7O2. The highest BCUT2D eigenvalue weighted by atomic mass is 16.3. The zero-order chi connectivity index (χ0) is 18.5. The number of piperazine rings is 1. The van der Waals surface area contributed by atoms with Gasteiger partial charge in [0.2, 0.25) is 0 Å². The summed E-state index contributed by atoms with van der Waals surface area (Å²) in [6.45, 7) is 4.80. The summed E-state index contributed by atoms with van der Waals surface area (Å²) >= 11 is 0. The Balaban J connectivity index is 1.28. The van der Waals surface area contributed by atoms with E-state index in [0.29, 0.717) is 18.8 Å². The second-order valence-corrected chi connectivity index (χ2v) is 6.36. The second-order valence-electron chi connectivity index (χ2n) is 6.36. The Kier molecular flexibility index (Phi) is 5.10. The summed E-state index contributed by atoms with van der Waals surface area (Å²) in [5.74, 6) is 0.673. The van der Waals surface area contributed by atoms with Gasteiger partial charge in [0.15, 0.2) is 12.2 Å². The highest BCUT2D eigenvalue weighted by molar-refractivity contribution is 5.90. The van der Waals surface area contributed by atoms with Gasteiger partial charge in [-0.15, -0.1) is 0 Å². The molecule has 1 fully saturated rings. The van der Waals surface area contributed by atoms with Crippen LogP contribution in [0.2, 0.25) is 0 Å². The average molecular weight is 367 g/mol. The van der Waals surface area contributed by atoms with Crippen LogP contribution in [0.1, 0.15) is 0 Å². The molecule has 1 N–H and O–H groups in total. The number of nitrogens with zero attached hydrogens (tertiary/aromatic N) is 6. The molecule has 0 bridgehead atoms. The predicted molar refractivity (Wildman–Crippen MR) is 99.0 cm³/mol. The van der Waals surface area contributed by atoms with Gasteiger partial charge in [0.05, 0.1) is 12.7 Å². The molecule has 0 radical (unpaired) electrons. The second kappa shape index (κ2) is 8.00. The van der Waals surface area contributed by atoms with E-state index < -0.39 is 0 Å². The summed E-state index contributed by atoms with van der Waals surface area (Å²) in [7, 11) is 0. The van der Waals surface area contributed by atoms with Crippen molar-refractivity contribution in [3.05, 3.63) is 49.5 Å². The molecule has 3 aromatic rings. The maximum absolute atomic E-state index is 12.6. The van der Waals surface area contributed by atoms with Crippen molar-refractivity contribution in [1.29, 1.82) is 0 Å². The van der Waals surface area contributed by atoms with Gasteiger partial charge in [-0.2, -0.15) is 5.10 Å². The minimum atomic E-state index is -0.0827. The Hall–Kier alpha value is -3.20. The minimum absolute atomic E-state index is 0.0827. The number of rotatable bonds is 5. The van der Waals surface area contributed by atoms with Gasteiger partial charge in [-0.3, -0.25) is 9.58 Å². The van der Waals surface area contributed by atoms with Crippen LogP contribution in [0.25, 0.3) is 11.3 Å². The van der Waals surface area contributed by atoms with Crippen molar-refractivity contribution in [3.63, 3.8) is 0 Å². The van der Waals surface area contributed by atoms with Crippen molar-refractivity contribution in [2.45, 2.75) is 6.54 Å². The number of hydrogen-bond donors (Lipinski definition) is 1. The van der Waals surface area contributed by atoms with Crippen LogP contribution in [0.5, 0.6) is 0 Å². The molecule has 9 heteroatoms. The lowest BCUT2D eigenvalue weighted by Gasteiger charge is -2.34. The molecule has 1 saturated heterocycles. The van der Waals surface area contributed by atoms with Crippen LogP contribution in [0.4, 0.5) is 10.5 Å². The highest BCUT2D eigenvalue weighted by Gasteiger charge is 2.21. The third-order valence-electron chi connectivity index (χ3n) is 4.60. The predicted octanol–water partition coefficient (Wildman–Crippen LogP) is 1.78. The zero-order valence-corrected chi connectivity index (χ0v) is 14.9. The van der Waals surface area contributed by atoms with Crippen molar-refractivity contribution < 1.29 is 9.21 Å². The Labute approximate surface area is 156 Å². The average Bonchev–Trinajstić information content (AvgIpc) is 3.41. The van der Waals surface area contributed by atoms with Gasteiger partial charge in [-0.25, -0.2) is 14.8 Å². The lowest BCUT2D eigenvalue weighted by atomic mass is 10.1. The lowest BCUT2D eigenvalue weighted by molar-refractivity contribution is 0.143.